The Balaban J connectivity index is 2.04. The maximum absolute atomic E-state index is 8.46. The molecule has 0 fully saturated rings. The van der Waals surface area contributed by atoms with Crippen molar-refractivity contribution in [3.63, 3.8) is 0 Å². The van der Waals surface area contributed by atoms with E-state index in [0.717, 1.165) is 57.2 Å². The molecule has 2 aliphatic rings. The van der Waals surface area contributed by atoms with Crippen LogP contribution in [0.5, 0.6) is 0 Å². The number of hydrogen-bond donors (Lipinski definition) is 0. The van der Waals surface area contributed by atoms with Crippen LogP contribution in [0.2, 0.25) is 13.1 Å². The van der Waals surface area contributed by atoms with Gasteiger partial charge in [0, 0.05) is 0 Å². The van der Waals surface area contributed by atoms with Gasteiger partial charge in [-0.1, -0.05) is 0 Å². The first-order chi connectivity index (χ1) is 17.1. The summed E-state index contributed by atoms with van der Waals surface area (Å²) < 4.78 is 0.861. The molecule has 8 heteroatoms. The van der Waals surface area contributed by atoms with Gasteiger partial charge in [0.1, 0.15) is 0 Å². The molecule has 0 N–H and O–H groups in total. The molecule has 0 saturated carbocycles. The summed E-state index contributed by atoms with van der Waals surface area (Å²) in [5.41, 5.74) is 6.85. The Labute approximate surface area is 239 Å². The summed E-state index contributed by atoms with van der Waals surface area (Å²) >= 11 is 0. The van der Waals surface area contributed by atoms with Crippen molar-refractivity contribution in [3.05, 3.63) is 81.9 Å². The van der Waals surface area contributed by atoms with Crippen molar-refractivity contribution < 1.29 is 19.2 Å². The van der Waals surface area contributed by atoms with Gasteiger partial charge in [-0.05, 0) is 0 Å². The van der Waals surface area contributed by atoms with Crippen LogP contribution >= 0.6 is 34.1 Å². The zero-order chi connectivity index (χ0) is 28.5. The molecule has 0 bridgehead atoms. The molecule has 4 rings (SSSR count). The zero-order valence-electron chi connectivity index (χ0n) is 24.2. The van der Waals surface area contributed by atoms with Crippen molar-refractivity contribution in [1.82, 2.24) is 0 Å². The van der Waals surface area contributed by atoms with Crippen molar-refractivity contribution in [1.29, 1.82) is 0 Å². The Morgan fingerprint density at radius 1 is 0.632 bits per heavy atom. The van der Waals surface area contributed by atoms with Crippen LogP contribution in [-0.4, -0.2) is 70.3 Å². The Morgan fingerprint density at radius 2 is 0.974 bits per heavy atom. The molecule has 0 amide bonds. The summed E-state index contributed by atoms with van der Waals surface area (Å²) in [6, 6.07) is 16.9. The molecule has 0 aliphatic heterocycles. The molecule has 2 nitrogen and oxygen atoms in total. The van der Waals surface area contributed by atoms with Gasteiger partial charge in [-0.2, -0.15) is 0 Å². The van der Waals surface area contributed by atoms with Gasteiger partial charge in [0.25, 0.3) is 0 Å². The molecule has 0 aromatic heterocycles. The molecule has 2 aromatic carbocycles. The minimum absolute atomic E-state index is 0.406. The first-order valence-corrected chi connectivity index (χ1v) is 36.4. The average molecular weight is 695 g/mol. The van der Waals surface area contributed by atoms with E-state index in [-0.39, 0.29) is 0 Å². The topological polar surface area (TPSA) is 0 Å². The monoisotopic (exact) mass is 691 g/mol. The van der Waals surface area contributed by atoms with E-state index in [0.29, 0.717) is 0 Å². The third-order valence-corrected chi connectivity index (χ3v) is 91.2. The molecule has 209 valence electrons. The first-order valence-electron chi connectivity index (χ1n) is 13.8. The van der Waals surface area contributed by atoms with Gasteiger partial charge in [-0.25, -0.2) is 0 Å². The molecule has 38 heavy (non-hydrogen) atoms. The number of rotatable bonds is 9. The Bertz CT molecular complexity index is 1260. The molecule has 2 atom stereocenters. The SMILES string of the molecule is C[SiH](C)[Zr]([Cl])([Cl])([Cl])([Cl])([CH]1C(CC[N+](C)(C)C)=Cc2ccccc21)[CH]1C(CC[N+](C)(C)C)=Cc2ccccc21. The summed E-state index contributed by atoms with van der Waals surface area (Å²) in [6.07, 6.45) is 6.24. The van der Waals surface area contributed by atoms with E-state index >= 15 is 0 Å². The number of fused-ring (bicyclic) bond motifs is 2. The summed E-state index contributed by atoms with van der Waals surface area (Å²) in [5, 5.41) is 0. The van der Waals surface area contributed by atoms with Gasteiger partial charge in [0.15, 0.2) is 0 Å². The fraction of sp³-hybridized carbons (Fsp3) is 0.467. The van der Waals surface area contributed by atoms with Crippen LogP contribution < -0.4 is 0 Å². The van der Waals surface area contributed by atoms with Gasteiger partial charge in [0.05, 0.1) is 0 Å². The second kappa shape index (κ2) is 8.81. The normalized spacial score (nSPS) is 22.6. The second-order valence-electron chi connectivity index (χ2n) is 14.5. The fourth-order valence-corrected chi connectivity index (χ4v) is 47.0. The Hall–Kier alpha value is 0.100. The molecule has 0 radical (unpaired) electrons. The van der Waals surface area contributed by atoms with Crippen molar-refractivity contribution in [2.75, 3.05) is 55.4 Å². The minimum atomic E-state index is -6.90. The van der Waals surface area contributed by atoms with E-state index in [9.17, 15) is 0 Å². The molecule has 2 aromatic rings. The number of halogens is 4. The van der Waals surface area contributed by atoms with Gasteiger partial charge < -0.3 is 0 Å². The Morgan fingerprint density at radius 3 is 1.29 bits per heavy atom. The Kier molecular flexibility index (Phi) is 7.19. The molecule has 2 aliphatic carbocycles. The van der Waals surface area contributed by atoms with E-state index in [2.05, 4.69) is 116 Å². The molecule has 0 spiro atoms. The summed E-state index contributed by atoms with van der Waals surface area (Å²) in [4.78, 5) is 0. The van der Waals surface area contributed by atoms with Gasteiger partial charge in [0.2, 0.25) is 0 Å². The molecule has 0 heterocycles. The van der Waals surface area contributed by atoms with Gasteiger partial charge in [-0.15, -0.1) is 0 Å². The van der Waals surface area contributed by atoms with Crippen molar-refractivity contribution in [2.24, 2.45) is 0 Å². The second-order valence-corrected chi connectivity index (χ2v) is 94.4. The number of benzene rings is 2. The van der Waals surface area contributed by atoms with Crippen LogP contribution in [0.25, 0.3) is 12.2 Å². The standard InChI is InChI=1S/2C14H19N.C2H7Si.4ClH.Zr/c2*1-15(2,3)9-8-12-10-13-6-4-5-7-14(13)11-12;1-3-2;;;;;/h2*4-7,10-11H,8-9H2,1-3H3;3H,1-2H3;4*1H;/q2*+1;;;;;;+4/p-4. The average Bonchev–Trinajstić information content (AvgIpc) is 3.35. The van der Waals surface area contributed by atoms with Crippen LogP contribution in [0.4, 0.5) is 0 Å². The first kappa shape index (κ1) is 31.0. The number of hydrogen-bond acceptors (Lipinski definition) is 0. The molecule has 2 unspecified atom stereocenters. The van der Waals surface area contributed by atoms with Crippen LogP contribution in [0.1, 0.15) is 42.3 Å². The van der Waals surface area contributed by atoms with Gasteiger partial charge in [-0.3, -0.25) is 0 Å². The summed E-state index contributed by atoms with van der Waals surface area (Å²) in [7, 11) is 40.2. The molecular weight excluding hydrogens is 649 g/mol. The van der Waals surface area contributed by atoms with Crippen LogP contribution in [0.3, 0.4) is 0 Å². The summed E-state index contributed by atoms with van der Waals surface area (Å²) in [5.74, 6) is -2.22. The third-order valence-electron chi connectivity index (χ3n) is 9.26. The van der Waals surface area contributed by atoms with Crippen molar-refractivity contribution >= 4 is 52.1 Å². The maximum atomic E-state index is 8.46. The van der Waals surface area contributed by atoms with E-state index in [1.54, 1.807) is 0 Å². The number of nitrogens with zero attached hydrogens (tertiary/aromatic N) is 2. The van der Waals surface area contributed by atoms with Crippen molar-refractivity contribution in [3.8, 4) is 0 Å². The predicted octanol–water partition coefficient (Wildman–Crippen LogP) is 8.82. The third kappa shape index (κ3) is 5.02. The fourth-order valence-electron chi connectivity index (χ4n) is 6.79. The van der Waals surface area contributed by atoms with Crippen LogP contribution in [-0.2, 0) is 10.2 Å². The predicted molar refractivity (Wildman–Crippen MR) is 172 cm³/mol. The van der Waals surface area contributed by atoms with Crippen LogP contribution in [0.15, 0.2) is 59.7 Å². The quantitative estimate of drug-likeness (QED) is 0.182. The molecule has 0 saturated heterocycles. The van der Waals surface area contributed by atoms with E-state index in [1.807, 2.05) is 0 Å². The number of quaternary nitrogens is 2. The van der Waals surface area contributed by atoms with E-state index in [4.69, 9.17) is 34.1 Å². The molecular formula is C30H45Cl4N2SiZr+2. The van der Waals surface area contributed by atoms with Crippen LogP contribution in [0, 0.1) is 0 Å². The summed E-state index contributed by atoms with van der Waals surface area (Å²) in [6.45, 7) is 6.27. The van der Waals surface area contributed by atoms with Crippen molar-refractivity contribution in [2.45, 2.75) is 33.2 Å². The van der Waals surface area contributed by atoms with Gasteiger partial charge >= 0.3 is 242 Å². The van der Waals surface area contributed by atoms with E-state index < -0.39 is 23.4 Å². The van der Waals surface area contributed by atoms with E-state index in [1.165, 1.54) is 11.1 Å². The zero-order valence-corrected chi connectivity index (χ0v) is 30.9.